The van der Waals surface area contributed by atoms with Crippen LogP contribution in [0.25, 0.3) is 0 Å². The molecule has 166 valence electrons. The molecule has 0 aliphatic heterocycles. The number of hydrogen-bond donors (Lipinski definition) is 1. The normalized spacial score (nSPS) is 14.9. The Bertz CT molecular complexity index is 903. The fourth-order valence-corrected chi connectivity index (χ4v) is 5.16. The lowest BCUT2D eigenvalue weighted by molar-refractivity contribution is -0.138. The molecule has 0 saturated heterocycles. The Balaban J connectivity index is 1.66. The lowest BCUT2D eigenvalue weighted by atomic mass is 10.1. The van der Waals surface area contributed by atoms with E-state index in [1.54, 1.807) is 17.9 Å². The third-order valence-electron chi connectivity index (χ3n) is 5.55. The van der Waals surface area contributed by atoms with E-state index in [-0.39, 0.29) is 23.6 Å². The zero-order valence-electron chi connectivity index (χ0n) is 17.7. The quantitative estimate of drug-likeness (QED) is 0.502. The summed E-state index contributed by atoms with van der Waals surface area (Å²) in [6.45, 7) is 2.14. The van der Waals surface area contributed by atoms with Crippen LogP contribution in [0.3, 0.4) is 0 Å². The Morgan fingerprint density at radius 3 is 2.58 bits per heavy atom. The highest BCUT2D eigenvalue weighted by Gasteiger charge is 2.28. The van der Waals surface area contributed by atoms with Gasteiger partial charge in [-0.2, -0.15) is 0 Å². The van der Waals surface area contributed by atoms with Gasteiger partial charge in [-0.1, -0.05) is 66.4 Å². The molecule has 1 N–H and O–H groups in total. The van der Waals surface area contributed by atoms with E-state index in [0.29, 0.717) is 22.3 Å². The molecule has 1 aliphatic rings. The highest BCUT2D eigenvalue weighted by atomic mass is 35.5. The van der Waals surface area contributed by atoms with Gasteiger partial charge in [-0.15, -0.1) is 11.8 Å². The molecule has 2 amide bonds. The summed E-state index contributed by atoms with van der Waals surface area (Å²) in [4.78, 5) is 27.7. The Hall–Kier alpha value is -1.69. The monoisotopic (exact) mass is 478 g/mol. The van der Waals surface area contributed by atoms with Crippen molar-refractivity contribution in [2.45, 2.75) is 57.0 Å². The summed E-state index contributed by atoms with van der Waals surface area (Å²) < 4.78 is 0. The molecule has 1 saturated carbocycles. The second kappa shape index (κ2) is 11.8. The van der Waals surface area contributed by atoms with Gasteiger partial charge >= 0.3 is 0 Å². The van der Waals surface area contributed by atoms with Crippen LogP contribution < -0.4 is 5.32 Å². The van der Waals surface area contributed by atoms with E-state index in [0.717, 1.165) is 36.8 Å². The molecule has 3 rings (SSSR count). The average Bonchev–Trinajstić information content (AvgIpc) is 3.26. The third kappa shape index (κ3) is 7.16. The summed E-state index contributed by atoms with van der Waals surface area (Å²) in [5.74, 6) is 0.732. The summed E-state index contributed by atoms with van der Waals surface area (Å²) in [5.41, 5.74) is 1.90. The zero-order chi connectivity index (χ0) is 22.2. The van der Waals surface area contributed by atoms with Crippen LogP contribution in [-0.2, 0) is 21.9 Å². The van der Waals surface area contributed by atoms with Gasteiger partial charge in [0.15, 0.2) is 0 Å². The van der Waals surface area contributed by atoms with Crippen molar-refractivity contribution < 1.29 is 9.59 Å². The molecular weight excluding hydrogens is 451 g/mol. The van der Waals surface area contributed by atoms with Crippen LogP contribution in [-0.4, -0.2) is 34.6 Å². The molecule has 31 heavy (non-hydrogen) atoms. The smallest absolute Gasteiger partial charge is 0.242 e. The molecule has 0 heterocycles. The van der Waals surface area contributed by atoms with Gasteiger partial charge in [-0.3, -0.25) is 9.59 Å². The standard InChI is InChI=1S/C24H28Cl2N2O2S/c1-17(24(30)27-21-10-3-4-11-21)28(14-18-7-6-9-20(25)13-18)23(29)16-31-15-19-8-2-5-12-22(19)26/h2,5-9,12-13,17,21H,3-4,10-11,14-16H2,1H3,(H,27,30)/t17-/m1/s1. The van der Waals surface area contributed by atoms with Crippen molar-refractivity contribution in [1.82, 2.24) is 10.2 Å². The molecule has 1 atom stereocenters. The molecular formula is C24H28Cl2N2O2S. The maximum absolute atomic E-state index is 13.1. The van der Waals surface area contributed by atoms with Crippen LogP contribution in [0.4, 0.5) is 0 Å². The van der Waals surface area contributed by atoms with Gasteiger partial charge in [-0.05, 0) is 49.1 Å². The van der Waals surface area contributed by atoms with E-state index in [2.05, 4.69) is 5.32 Å². The lowest BCUT2D eigenvalue weighted by Crippen LogP contribution is -2.50. The van der Waals surface area contributed by atoms with Crippen molar-refractivity contribution in [3.05, 3.63) is 69.7 Å². The van der Waals surface area contributed by atoms with E-state index in [9.17, 15) is 9.59 Å². The van der Waals surface area contributed by atoms with E-state index < -0.39 is 6.04 Å². The number of benzene rings is 2. The number of rotatable bonds is 9. The molecule has 2 aromatic carbocycles. The van der Waals surface area contributed by atoms with Crippen molar-refractivity contribution in [1.29, 1.82) is 0 Å². The lowest BCUT2D eigenvalue weighted by Gasteiger charge is -2.29. The number of hydrogen-bond acceptors (Lipinski definition) is 3. The molecule has 0 spiro atoms. The SMILES string of the molecule is C[C@H](C(=O)NC1CCCC1)N(Cc1cccc(Cl)c1)C(=O)CSCc1ccccc1Cl. The molecule has 1 aliphatic carbocycles. The van der Waals surface area contributed by atoms with E-state index in [1.165, 1.54) is 11.8 Å². The topological polar surface area (TPSA) is 49.4 Å². The Morgan fingerprint density at radius 1 is 1.13 bits per heavy atom. The second-order valence-electron chi connectivity index (χ2n) is 7.90. The molecule has 2 aromatic rings. The summed E-state index contributed by atoms with van der Waals surface area (Å²) >= 11 is 13.9. The zero-order valence-corrected chi connectivity index (χ0v) is 20.0. The maximum Gasteiger partial charge on any atom is 0.242 e. The van der Waals surface area contributed by atoms with Gasteiger partial charge in [0.1, 0.15) is 6.04 Å². The fourth-order valence-electron chi connectivity index (χ4n) is 3.75. The fraction of sp³-hybridized carbons (Fsp3) is 0.417. The molecule has 7 heteroatoms. The molecule has 0 bridgehead atoms. The van der Waals surface area contributed by atoms with Gasteiger partial charge in [0.2, 0.25) is 11.8 Å². The first-order valence-electron chi connectivity index (χ1n) is 10.6. The van der Waals surface area contributed by atoms with Crippen molar-refractivity contribution in [2.75, 3.05) is 5.75 Å². The summed E-state index contributed by atoms with van der Waals surface area (Å²) in [6, 6.07) is 14.7. The van der Waals surface area contributed by atoms with Crippen LogP contribution in [0.1, 0.15) is 43.7 Å². The predicted octanol–water partition coefficient (Wildman–Crippen LogP) is 5.70. The van der Waals surface area contributed by atoms with Gasteiger partial charge in [0.25, 0.3) is 0 Å². The number of thioether (sulfide) groups is 1. The predicted molar refractivity (Wildman–Crippen MR) is 129 cm³/mol. The van der Waals surface area contributed by atoms with Crippen LogP contribution in [0.15, 0.2) is 48.5 Å². The van der Waals surface area contributed by atoms with E-state index in [1.807, 2.05) is 42.5 Å². The molecule has 1 fully saturated rings. The first-order valence-corrected chi connectivity index (χ1v) is 12.5. The van der Waals surface area contributed by atoms with Gasteiger partial charge in [0, 0.05) is 28.4 Å². The Kier molecular flexibility index (Phi) is 9.12. The number of carbonyl (C=O) groups excluding carboxylic acids is 2. The van der Waals surface area contributed by atoms with Crippen LogP contribution in [0.5, 0.6) is 0 Å². The van der Waals surface area contributed by atoms with Crippen molar-refractivity contribution in [3.8, 4) is 0 Å². The first-order chi connectivity index (χ1) is 14.9. The third-order valence-corrected chi connectivity index (χ3v) is 7.12. The van der Waals surface area contributed by atoms with Gasteiger partial charge in [-0.25, -0.2) is 0 Å². The average molecular weight is 479 g/mol. The second-order valence-corrected chi connectivity index (χ2v) is 9.73. The largest absolute Gasteiger partial charge is 0.352 e. The number of halogens is 2. The minimum atomic E-state index is -0.562. The van der Waals surface area contributed by atoms with Gasteiger partial charge in [0.05, 0.1) is 5.75 Å². The van der Waals surface area contributed by atoms with Crippen molar-refractivity contribution >= 4 is 46.8 Å². The minimum Gasteiger partial charge on any atom is -0.352 e. The Morgan fingerprint density at radius 2 is 1.87 bits per heavy atom. The molecule has 0 radical (unpaired) electrons. The summed E-state index contributed by atoms with van der Waals surface area (Å²) in [7, 11) is 0. The van der Waals surface area contributed by atoms with E-state index in [4.69, 9.17) is 23.2 Å². The van der Waals surface area contributed by atoms with Crippen LogP contribution in [0, 0.1) is 0 Å². The van der Waals surface area contributed by atoms with Crippen molar-refractivity contribution in [2.24, 2.45) is 0 Å². The summed E-state index contributed by atoms with van der Waals surface area (Å²) in [5, 5.41) is 4.43. The first kappa shape index (κ1) is 24.0. The van der Waals surface area contributed by atoms with E-state index >= 15 is 0 Å². The minimum absolute atomic E-state index is 0.0777. The maximum atomic E-state index is 13.1. The number of nitrogens with one attached hydrogen (secondary N) is 1. The van der Waals surface area contributed by atoms with Crippen molar-refractivity contribution in [3.63, 3.8) is 0 Å². The van der Waals surface area contributed by atoms with Crippen LogP contribution >= 0.6 is 35.0 Å². The number of nitrogens with zero attached hydrogens (tertiary/aromatic N) is 1. The summed E-state index contributed by atoms with van der Waals surface area (Å²) in [6.07, 6.45) is 4.30. The molecule has 4 nitrogen and oxygen atoms in total. The van der Waals surface area contributed by atoms with Crippen LogP contribution in [0.2, 0.25) is 10.0 Å². The molecule has 0 aromatic heterocycles. The number of carbonyl (C=O) groups is 2. The van der Waals surface area contributed by atoms with Gasteiger partial charge < -0.3 is 10.2 Å². The number of amides is 2. The highest BCUT2D eigenvalue weighted by molar-refractivity contribution is 7.99. The Labute approximate surface area is 198 Å². The molecule has 0 unspecified atom stereocenters. The highest BCUT2D eigenvalue weighted by Crippen LogP contribution is 2.23.